The minimum absolute atomic E-state index is 0.0239. The summed E-state index contributed by atoms with van der Waals surface area (Å²) in [6, 6.07) is 18.5. The van der Waals surface area contributed by atoms with Gasteiger partial charge in [0.1, 0.15) is 17.7 Å². The van der Waals surface area contributed by atoms with Gasteiger partial charge in [-0.1, -0.05) is 6.07 Å². The molecule has 0 bridgehead atoms. The Labute approximate surface area is 372 Å². The summed E-state index contributed by atoms with van der Waals surface area (Å²) in [5, 5.41) is 20.0. The maximum atomic E-state index is 14.0. The number of hydrogen-bond acceptors (Lipinski definition) is 11. The Balaban J connectivity index is 0.798. The first kappa shape index (κ1) is 43.1. The lowest BCUT2D eigenvalue weighted by molar-refractivity contribution is -0.136. The SMILES string of the molecule is O=C1CCC(N2C(=O)c3ccc(NCCCC(=O)N4CCN(c5ccc(C(=O)Nc6n[nH]c7ccc(Cc8cc(F)cc(F)c8)cc67)c(NC6CCOCC6)c5)CC4)cc3C2=O)C(=O)N1. The normalized spacial score (nSPS) is 17.9. The largest absolute Gasteiger partial charge is 0.385 e. The summed E-state index contributed by atoms with van der Waals surface area (Å²) in [5.41, 5.74) is 4.95. The van der Waals surface area contributed by atoms with Crippen molar-refractivity contribution in [2.24, 2.45) is 0 Å². The van der Waals surface area contributed by atoms with Crippen LogP contribution in [0.1, 0.15) is 80.7 Å². The Morgan fingerprint density at radius 2 is 1.58 bits per heavy atom. The first-order valence-corrected chi connectivity index (χ1v) is 21.8. The molecule has 16 nitrogen and oxygen atoms in total. The zero-order chi connectivity index (χ0) is 45.2. The molecule has 0 spiro atoms. The van der Waals surface area contributed by atoms with Gasteiger partial charge in [0, 0.05) is 93.3 Å². The van der Waals surface area contributed by atoms with Crippen LogP contribution in [0.4, 0.5) is 31.7 Å². The summed E-state index contributed by atoms with van der Waals surface area (Å²) in [5.74, 6) is -3.56. The summed E-state index contributed by atoms with van der Waals surface area (Å²) in [7, 11) is 0. The Bertz CT molecular complexity index is 2690. The molecule has 0 saturated carbocycles. The van der Waals surface area contributed by atoms with E-state index in [1.54, 1.807) is 24.3 Å². The van der Waals surface area contributed by atoms with Crippen molar-refractivity contribution in [2.75, 3.05) is 66.8 Å². The minimum Gasteiger partial charge on any atom is -0.385 e. The standard InChI is InChI=1S/C47H47F2N9O7/c48-29-21-28(22-30(49)24-29)20-27-3-8-38-37(23-27)43(55-54-38)53-44(61)35-7-5-33(26-39(35)51-31-11-18-65-19-12-31)56-14-16-57(17-15-56)42(60)2-1-13-50-32-4-6-34-36(25-32)47(64)58(46(34)63)40-9-10-41(59)52-45(40)62/h3-8,21-26,31,40,50-51H,1-2,9-20H2,(H,52,59,62)(H2,53,54,55,61). The highest BCUT2D eigenvalue weighted by molar-refractivity contribution is 6.23. The van der Waals surface area contributed by atoms with E-state index in [2.05, 4.69) is 36.4 Å². The Morgan fingerprint density at radius 1 is 0.815 bits per heavy atom. The number of H-pyrrole nitrogens is 1. The molecule has 0 aliphatic carbocycles. The van der Waals surface area contributed by atoms with Crippen LogP contribution in [0.3, 0.4) is 0 Å². The fourth-order valence-corrected chi connectivity index (χ4v) is 8.92. The second kappa shape index (κ2) is 18.5. The molecule has 4 aliphatic heterocycles. The van der Waals surface area contributed by atoms with Gasteiger partial charge in [-0.15, -0.1) is 0 Å². The average Bonchev–Trinajstić information content (AvgIpc) is 3.80. The van der Waals surface area contributed by atoms with Crippen LogP contribution in [0, 0.1) is 11.6 Å². The second-order valence-corrected chi connectivity index (χ2v) is 16.7. The molecule has 5 N–H and O–H groups in total. The number of imide groups is 2. The predicted molar refractivity (Wildman–Crippen MR) is 237 cm³/mol. The number of amides is 6. The molecule has 0 radical (unpaired) electrons. The fraction of sp³-hybridized carbons (Fsp3) is 0.340. The summed E-state index contributed by atoms with van der Waals surface area (Å²) < 4.78 is 33.3. The van der Waals surface area contributed by atoms with E-state index in [1.807, 2.05) is 35.2 Å². The topological polar surface area (TPSA) is 198 Å². The molecule has 6 amide bonds. The van der Waals surface area contributed by atoms with Gasteiger partial charge in [0.05, 0.1) is 22.2 Å². The maximum absolute atomic E-state index is 14.0. The van der Waals surface area contributed by atoms with Gasteiger partial charge in [-0.25, -0.2) is 8.78 Å². The van der Waals surface area contributed by atoms with Gasteiger partial charge in [0.2, 0.25) is 17.7 Å². The van der Waals surface area contributed by atoms with E-state index >= 15 is 0 Å². The predicted octanol–water partition coefficient (Wildman–Crippen LogP) is 5.22. The number of piperazine rings is 1. The number of aromatic amines is 1. The Kier molecular flexibility index (Phi) is 12.2. The molecular formula is C47H47F2N9O7. The van der Waals surface area contributed by atoms with Crippen LogP contribution >= 0.6 is 0 Å². The molecule has 4 aliphatic rings. The lowest BCUT2D eigenvalue weighted by atomic mass is 10.0. The number of piperidine rings is 1. The third-order valence-corrected chi connectivity index (χ3v) is 12.4. The third kappa shape index (κ3) is 9.38. The number of benzene rings is 4. The number of ether oxygens (including phenoxy) is 1. The van der Waals surface area contributed by atoms with Crippen molar-refractivity contribution >= 4 is 69.2 Å². The summed E-state index contributed by atoms with van der Waals surface area (Å²) >= 11 is 0. The van der Waals surface area contributed by atoms with Gasteiger partial charge in [-0.05, 0) is 104 Å². The number of carbonyl (C=O) groups is 6. The molecule has 3 saturated heterocycles. The average molecular weight is 888 g/mol. The van der Waals surface area contributed by atoms with Crippen molar-refractivity contribution < 1.29 is 42.3 Å². The van der Waals surface area contributed by atoms with Gasteiger partial charge < -0.3 is 30.5 Å². The lowest BCUT2D eigenvalue weighted by Gasteiger charge is -2.36. The highest BCUT2D eigenvalue weighted by Gasteiger charge is 2.44. The van der Waals surface area contributed by atoms with E-state index < -0.39 is 41.3 Å². The van der Waals surface area contributed by atoms with Gasteiger partial charge >= 0.3 is 0 Å². The Hall–Kier alpha value is -7.21. The van der Waals surface area contributed by atoms with Crippen molar-refractivity contribution in [1.82, 2.24) is 25.3 Å². The van der Waals surface area contributed by atoms with Crippen molar-refractivity contribution in [3.05, 3.63) is 112 Å². The van der Waals surface area contributed by atoms with Gasteiger partial charge in [0.15, 0.2) is 5.82 Å². The van der Waals surface area contributed by atoms with Crippen molar-refractivity contribution in [3.63, 3.8) is 0 Å². The second-order valence-electron chi connectivity index (χ2n) is 16.7. The van der Waals surface area contributed by atoms with Crippen molar-refractivity contribution in [1.29, 1.82) is 0 Å². The first-order chi connectivity index (χ1) is 31.5. The van der Waals surface area contributed by atoms with Gasteiger partial charge in [-0.3, -0.25) is 44.1 Å². The number of fused-ring (bicyclic) bond motifs is 2. The molecule has 336 valence electrons. The summed E-state index contributed by atoms with van der Waals surface area (Å²) in [4.78, 5) is 82.5. The van der Waals surface area contributed by atoms with Crippen molar-refractivity contribution in [3.8, 4) is 0 Å². The van der Waals surface area contributed by atoms with Crippen LogP contribution in [0.5, 0.6) is 0 Å². The maximum Gasteiger partial charge on any atom is 0.262 e. The number of halogens is 2. The third-order valence-electron chi connectivity index (χ3n) is 12.4. The van der Waals surface area contributed by atoms with Crippen LogP contribution in [0.25, 0.3) is 10.9 Å². The monoisotopic (exact) mass is 887 g/mol. The number of nitrogens with one attached hydrogen (secondary N) is 5. The summed E-state index contributed by atoms with van der Waals surface area (Å²) in [6.45, 7) is 3.89. The van der Waals surface area contributed by atoms with E-state index in [9.17, 15) is 37.5 Å². The smallest absolute Gasteiger partial charge is 0.262 e. The van der Waals surface area contributed by atoms with Crippen LogP contribution in [-0.4, -0.2) is 113 Å². The van der Waals surface area contributed by atoms with Crippen LogP contribution in [-0.2, 0) is 25.5 Å². The molecule has 5 aromatic rings. The molecule has 4 aromatic carbocycles. The molecular weight excluding hydrogens is 841 g/mol. The fourth-order valence-electron chi connectivity index (χ4n) is 8.92. The number of hydrogen-bond donors (Lipinski definition) is 5. The summed E-state index contributed by atoms with van der Waals surface area (Å²) in [6.07, 6.45) is 2.81. The van der Waals surface area contributed by atoms with Crippen LogP contribution in [0.2, 0.25) is 0 Å². The van der Waals surface area contributed by atoms with Crippen molar-refractivity contribution in [2.45, 2.75) is 57.0 Å². The van der Waals surface area contributed by atoms with Gasteiger partial charge in [-0.2, -0.15) is 5.10 Å². The first-order valence-electron chi connectivity index (χ1n) is 21.8. The van der Waals surface area contributed by atoms with E-state index in [0.29, 0.717) is 98.0 Å². The lowest BCUT2D eigenvalue weighted by Crippen LogP contribution is -2.54. The number of carbonyl (C=O) groups excluding carboxylic acids is 6. The van der Waals surface area contributed by atoms with Gasteiger partial charge in [0.25, 0.3) is 17.7 Å². The number of nitrogens with zero attached hydrogens (tertiary/aromatic N) is 4. The molecule has 9 rings (SSSR count). The van der Waals surface area contributed by atoms with E-state index in [1.165, 1.54) is 12.1 Å². The minimum atomic E-state index is -1.04. The molecule has 5 heterocycles. The van der Waals surface area contributed by atoms with Crippen LogP contribution in [0.15, 0.2) is 72.8 Å². The number of anilines is 4. The molecule has 1 aromatic heterocycles. The molecule has 65 heavy (non-hydrogen) atoms. The number of aromatic nitrogens is 2. The number of rotatable bonds is 13. The highest BCUT2D eigenvalue weighted by atomic mass is 19.1. The quantitative estimate of drug-likeness (QED) is 0.0768. The molecule has 1 unspecified atom stereocenters. The van der Waals surface area contributed by atoms with E-state index in [4.69, 9.17) is 4.74 Å². The zero-order valence-electron chi connectivity index (χ0n) is 35.4. The van der Waals surface area contributed by atoms with E-state index in [-0.39, 0.29) is 48.2 Å². The Morgan fingerprint density at radius 3 is 2.35 bits per heavy atom. The van der Waals surface area contributed by atoms with E-state index in [0.717, 1.165) is 35.1 Å². The molecule has 3 fully saturated rings. The van der Waals surface area contributed by atoms with Crippen LogP contribution < -0.4 is 26.2 Å². The molecule has 1 atom stereocenters. The molecule has 18 heteroatoms. The zero-order valence-corrected chi connectivity index (χ0v) is 35.4. The highest BCUT2D eigenvalue weighted by Crippen LogP contribution is 2.32.